The number of alkyl halides is 2. The summed E-state index contributed by atoms with van der Waals surface area (Å²) in [7, 11) is 0. The summed E-state index contributed by atoms with van der Waals surface area (Å²) in [5, 5.41) is 0. The first kappa shape index (κ1) is 9.96. The minimum absolute atomic E-state index is 0. The summed E-state index contributed by atoms with van der Waals surface area (Å²) in [6.07, 6.45) is 0. The summed E-state index contributed by atoms with van der Waals surface area (Å²) >= 11 is 10.1. The fraction of sp³-hybridized carbons (Fsp3) is 1.00. The second-order valence-corrected chi connectivity index (χ2v) is 1.13. The zero-order valence-electron chi connectivity index (χ0n) is 2.88. The molecule has 0 aromatic carbocycles. The molecule has 0 amide bonds. The SMILES string of the molecule is ClCCCl.[Ca]. The Labute approximate surface area is 71.8 Å². The molecular weight excluding hydrogens is 135 g/mol. The van der Waals surface area contributed by atoms with Crippen molar-refractivity contribution in [1.29, 1.82) is 0 Å². The van der Waals surface area contributed by atoms with Gasteiger partial charge < -0.3 is 0 Å². The molecule has 0 saturated carbocycles. The molecule has 2 radical (unpaired) electrons. The molecule has 0 N–H and O–H groups in total. The Bertz CT molecular complexity index is 9.61. The van der Waals surface area contributed by atoms with Gasteiger partial charge in [0.1, 0.15) is 0 Å². The van der Waals surface area contributed by atoms with E-state index in [0.717, 1.165) is 0 Å². The Morgan fingerprint density at radius 3 is 1.20 bits per heavy atom. The molecule has 0 aromatic heterocycles. The van der Waals surface area contributed by atoms with Crippen LogP contribution in [-0.4, -0.2) is 49.5 Å². The van der Waals surface area contributed by atoms with Crippen molar-refractivity contribution in [2.45, 2.75) is 0 Å². The van der Waals surface area contributed by atoms with Crippen molar-refractivity contribution in [2.75, 3.05) is 11.8 Å². The monoisotopic (exact) mass is 138 g/mol. The maximum Gasteiger partial charge on any atom is 0.0359 e. The molecule has 0 aliphatic heterocycles. The first-order chi connectivity index (χ1) is 1.91. The van der Waals surface area contributed by atoms with Gasteiger partial charge in [-0.2, -0.15) is 0 Å². The van der Waals surface area contributed by atoms with Crippen LogP contribution >= 0.6 is 23.2 Å². The van der Waals surface area contributed by atoms with Gasteiger partial charge in [0, 0.05) is 49.5 Å². The van der Waals surface area contributed by atoms with Crippen LogP contribution in [0.2, 0.25) is 0 Å². The second kappa shape index (κ2) is 9.28. The fourth-order valence-electron chi connectivity index (χ4n) is 0. The van der Waals surface area contributed by atoms with Crippen LogP contribution < -0.4 is 0 Å². The van der Waals surface area contributed by atoms with Gasteiger partial charge in [-0.15, -0.1) is 23.2 Å². The van der Waals surface area contributed by atoms with E-state index in [-0.39, 0.29) is 37.7 Å². The van der Waals surface area contributed by atoms with Gasteiger partial charge in [0.25, 0.3) is 0 Å². The Morgan fingerprint density at radius 2 is 1.20 bits per heavy atom. The van der Waals surface area contributed by atoms with Crippen molar-refractivity contribution in [3.8, 4) is 0 Å². The van der Waals surface area contributed by atoms with Crippen LogP contribution in [0.25, 0.3) is 0 Å². The molecule has 0 fully saturated rings. The largest absolute Gasteiger partial charge is 0.125 e. The molecule has 0 bridgehead atoms. The molecule has 0 heterocycles. The van der Waals surface area contributed by atoms with Crippen molar-refractivity contribution in [2.24, 2.45) is 0 Å². The molecule has 0 saturated heterocycles. The van der Waals surface area contributed by atoms with E-state index in [2.05, 4.69) is 0 Å². The van der Waals surface area contributed by atoms with Crippen molar-refractivity contribution in [3.63, 3.8) is 0 Å². The van der Waals surface area contributed by atoms with Crippen LogP contribution in [0.4, 0.5) is 0 Å². The van der Waals surface area contributed by atoms with Gasteiger partial charge in [0.05, 0.1) is 0 Å². The predicted molar refractivity (Wildman–Crippen MR) is 27.2 cm³/mol. The maximum absolute atomic E-state index is 5.05. The second-order valence-electron chi connectivity index (χ2n) is 0.378. The summed E-state index contributed by atoms with van der Waals surface area (Å²) in [5.74, 6) is 1.11. The van der Waals surface area contributed by atoms with E-state index < -0.39 is 0 Å². The van der Waals surface area contributed by atoms with Gasteiger partial charge in [-0.3, -0.25) is 0 Å². The molecule has 0 aliphatic rings. The molecule has 0 aliphatic carbocycles. The van der Waals surface area contributed by atoms with Gasteiger partial charge in [-0.25, -0.2) is 0 Å². The Kier molecular flexibility index (Phi) is 18.5. The smallest absolute Gasteiger partial charge is 0.0359 e. The molecular formula is C2H4CaCl2. The van der Waals surface area contributed by atoms with E-state index in [1.807, 2.05) is 0 Å². The van der Waals surface area contributed by atoms with Crippen LogP contribution in [0.1, 0.15) is 0 Å². The Morgan fingerprint density at radius 1 is 1.00 bits per heavy atom. The minimum Gasteiger partial charge on any atom is -0.125 e. The van der Waals surface area contributed by atoms with E-state index >= 15 is 0 Å². The average molecular weight is 139 g/mol. The molecule has 0 rings (SSSR count). The first-order valence-corrected chi connectivity index (χ1v) is 2.10. The van der Waals surface area contributed by atoms with Gasteiger partial charge in [0.2, 0.25) is 0 Å². The van der Waals surface area contributed by atoms with E-state index in [0.29, 0.717) is 11.8 Å². The Hall–Kier alpha value is 1.84. The number of hydrogen-bond acceptors (Lipinski definition) is 0. The molecule has 0 aromatic rings. The van der Waals surface area contributed by atoms with Crippen LogP contribution in [0, 0.1) is 0 Å². The zero-order chi connectivity index (χ0) is 3.41. The molecule has 5 heavy (non-hydrogen) atoms. The van der Waals surface area contributed by atoms with Gasteiger partial charge in [-0.05, 0) is 0 Å². The van der Waals surface area contributed by atoms with Gasteiger partial charge >= 0.3 is 0 Å². The summed E-state index contributed by atoms with van der Waals surface area (Å²) < 4.78 is 0. The molecule has 0 atom stereocenters. The third-order valence-corrected chi connectivity index (χ3v) is 0.643. The van der Waals surface area contributed by atoms with Crippen molar-refractivity contribution < 1.29 is 0 Å². The third-order valence-electron chi connectivity index (χ3n) is 0.0714. The predicted octanol–water partition coefficient (Wildman–Crippen LogP) is 1.08. The van der Waals surface area contributed by atoms with Crippen LogP contribution in [0.3, 0.4) is 0 Å². The third kappa shape index (κ3) is 10.7. The number of rotatable bonds is 1. The topological polar surface area (TPSA) is 0 Å². The Balaban J connectivity index is 0. The standard InChI is InChI=1S/C2H4Cl2.Ca/c3-1-2-4;/h1-2H2;. The van der Waals surface area contributed by atoms with Gasteiger partial charge in [0.15, 0.2) is 0 Å². The number of halogens is 2. The summed E-state index contributed by atoms with van der Waals surface area (Å²) in [6.45, 7) is 0. The number of hydrogen-bond donors (Lipinski definition) is 0. The molecule has 0 spiro atoms. The molecule has 0 nitrogen and oxygen atoms in total. The molecule has 0 unspecified atom stereocenters. The van der Waals surface area contributed by atoms with Crippen molar-refractivity contribution in [1.82, 2.24) is 0 Å². The fourth-order valence-corrected chi connectivity index (χ4v) is 0. The first-order valence-electron chi connectivity index (χ1n) is 1.03. The van der Waals surface area contributed by atoms with Crippen LogP contribution in [0.5, 0.6) is 0 Å². The average Bonchev–Trinajstić information content (AvgIpc) is 1.37. The maximum atomic E-state index is 5.05. The van der Waals surface area contributed by atoms with Crippen molar-refractivity contribution >= 4 is 60.9 Å². The molecule has 3 heteroatoms. The van der Waals surface area contributed by atoms with E-state index in [9.17, 15) is 0 Å². The van der Waals surface area contributed by atoms with Crippen molar-refractivity contribution in [3.05, 3.63) is 0 Å². The zero-order valence-corrected chi connectivity index (χ0v) is 6.60. The summed E-state index contributed by atoms with van der Waals surface area (Å²) in [6, 6.07) is 0. The van der Waals surface area contributed by atoms with E-state index in [1.54, 1.807) is 0 Å². The van der Waals surface area contributed by atoms with E-state index in [4.69, 9.17) is 23.2 Å². The van der Waals surface area contributed by atoms with Crippen LogP contribution in [0.15, 0.2) is 0 Å². The minimum atomic E-state index is 0. The quantitative estimate of drug-likeness (QED) is 0.376. The van der Waals surface area contributed by atoms with E-state index in [1.165, 1.54) is 0 Å². The van der Waals surface area contributed by atoms with Gasteiger partial charge in [-0.1, -0.05) is 0 Å². The molecule has 28 valence electrons. The summed E-state index contributed by atoms with van der Waals surface area (Å²) in [5.41, 5.74) is 0. The summed E-state index contributed by atoms with van der Waals surface area (Å²) in [4.78, 5) is 0. The normalized spacial score (nSPS) is 6.00. The van der Waals surface area contributed by atoms with Crippen LogP contribution in [-0.2, 0) is 0 Å².